The zero-order chi connectivity index (χ0) is 12.2. The van der Waals surface area contributed by atoms with Crippen LogP contribution in [0.4, 0.5) is 8.78 Å². The summed E-state index contributed by atoms with van der Waals surface area (Å²) in [6.07, 6.45) is -0.0313. The molecule has 1 aromatic carbocycles. The van der Waals surface area contributed by atoms with Gasteiger partial charge in [0.1, 0.15) is 5.82 Å². The van der Waals surface area contributed by atoms with Gasteiger partial charge in [0, 0.05) is 12.5 Å². The number of hydrogen-bond acceptors (Lipinski definition) is 2. The lowest BCUT2D eigenvalue weighted by atomic mass is 10.0. The first kappa shape index (κ1) is 13.1. The Morgan fingerprint density at radius 2 is 2.12 bits per heavy atom. The molecule has 0 spiro atoms. The van der Waals surface area contributed by atoms with Gasteiger partial charge in [0.15, 0.2) is 0 Å². The lowest BCUT2D eigenvalue weighted by molar-refractivity contribution is -0.0699. The molecule has 1 aliphatic heterocycles. The molecule has 90 valence electrons. The molecule has 1 aliphatic rings. The Morgan fingerprint density at radius 3 is 2.62 bits per heavy atom. The molecule has 1 saturated heterocycles. The number of nitrogens with one attached hydrogen (secondary N) is 1. The van der Waals surface area contributed by atoms with Gasteiger partial charge in [-0.2, -0.15) is 0 Å². The topological polar surface area (TPSA) is 32.3 Å². The highest BCUT2D eigenvalue weighted by atomic mass is 19.2. The third kappa shape index (κ3) is 3.25. The molecule has 2 N–H and O–H groups in total. The molecule has 0 saturated carbocycles. The molecular weight excluding hydrogens is 212 g/mol. The highest BCUT2D eigenvalue weighted by Gasteiger charge is 2.37. The van der Waals surface area contributed by atoms with Crippen molar-refractivity contribution in [3.63, 3.8) is 0 Å². The quantitative estimate of drug-likeness (QED) is 0.775. The molecule has 1 heterocycles. The molecule has 0 amide bonds. The minimum atomic E-state index is -2.17. The van der Waals surface area contributed by atoms with Gasteiger partial charge in [-0.3, -0.25) is 0 Å². The molecule has 0 aliphatic carbocycles. The summed E-state index contributed by atoms with van der Waals surface area (Å²) in [6.45, 7) is 3.90. The molecule has 0 aromatic heterocycles. The monoisotopic (exact) mass is 229 g/mol. The van der Waals surface area contributed by atoms with E-state index in [1.807, 2.05) is 13.8 Å². The second-order valence-electron chi connectivity index (χ2n) is 3.61. The second kappa shape index (κ2) is 5.37. The van der Waals surface area contributed by atoms with E-state index in [1.165, 1.54) is 12.1 Å². The molecule has 2 rings (SSSR count). The van der Waals surface area contributed by atoms with Crippen LogP contribution in [0.15, 0.2) is 24.3 Å². The van der Waals surface area contributed by atoms with Crippen molar-refractivity contribution in [1.29, 1.82) is 0 Å². The van der Waals surface area contributed by atoms with E-state index in [9.17, 15) is 8.78 Å². The SMILES string of the molecule is CC.OC1(F)CN[C@@H](c2cccc(F)c2)C1. The first-order valence-electron chi connectivity index (χ1n) is 5.47. The van der Waals surface area contributed by atoms with Crippen LogP contribution in [0.5, 0.6) is 0 Å². The fourth-order valence-electron chi connectivity index (χ4n) is 1.70. The Bertz CT molecular complexity index is 342. The molecule has 2 atom stereocenters. The van der Waals surface area contributed by atoms with E-state index < -0.39 is 5.85 Å². The number of benzene rings is 1. The lowest BCUT2D eigenvalue weighted by Crippen LogP contribution is -2.24. The second-order valence-corrected chi connectivity index (χ2v) is 3.61. The first-order valence-corrected chi connectivity index (χ1v) is 5.47. The summed E-state index contributed by atoms with van der Waals surface area (Å²) < 4.78 is 25.9. The van der Waals surface area contributed by atoms with Gasteiger partial charge in [-0.15, -0.1) is 0 Å². The Kier molecular flexibility index (Phi) is 4.38. The Hall–Kier alpha value is -1.00. The summed E-state index contributed by atoms with van der Waals surface area (Å²) in [5.74, 6) is -2.52. The average Bonchev–Trinajstić information content (AvgIpc) is 2.62. The van der Waals surface area contributed by atoms with E-state index in [0.29, 0.717) is 5.56 Å². The number of hydrogen-bond donors (Lipinski definition) is 2. The summed E-state index contributed by atoms with van der Waals surface area (Å²) in [6, 6.07) is 5.66. The van der Waals surface area contributed by atoms with Crippen molar-refractivity contribution in [2.24, 2.45) is 0 Å². The highest BCUT2D eigenvalue weighted by molar-refractivity contribution is 5.21. The van der Waals surface area contributed by atoms with Crippen molar-refractivity contribution in [3.05, 3.63) is 35.6 Å². The lowest BCUT2D eigenvalue weighted by Gasteiger charge is -2.11. The van der Waals surface area contributed by atoms with E-state index in [-0.39, 0.29) is 24.8 Å². The van der Waals surface area contributed by atoms with Crippen molar-refractivity contribution in [3.8, 4) is 0 Å². The summed E-state index contributed by atoms with van der Waals surface area (Å²) >= 11 is 0. The van der Waals surface area contributed by atoms with Crippen LogP contribution in [0.1, 0.15) is 31.9 Å². The largest absolute Gasteiger partial charge is 0.361 e. The maximum absolute atomic E-state index is 13.0. The molecular formula is C12H17F2NO. The van der Waals surface area contributed by atoms with Crippen molar-refractivity contribution < 1.29 is 13.9 Å². The Labute approximate surface area is 94.3 Å². The standard InChI is InChI=1S/C10H11F2NO.C2H6/c11-8-3-1-2-7(4-8)9-5-10(12,14)6-13-9;1-2/h1-4,9,13-14H,5-6H2;1-2H3/t9-,10?;/m1./s1. The molecule has 4 heteroatoms. The van der Waals surface area contributed by atoms with Crippen molar-refractivity contribution in [2.75, 3.05) is 6.54 Å². The van der Waals surface area contributed by atoms with E-state index in [4.69, 9.17) is 5.11 Å². The minimum absolute atomic E-state index is 0.0313. The van der Waals surface area contributed by atoms with Crippen molar-refractivity contribution in [2.45, 2.75) is 32.2 Å². The zero-order valence-electron chi connectivity index (χ0n) is 9.50. The van der Waals surface area contributed by atoms with Crippen LogP contribution in [0.2, 0.25) is 0 Å². The number of halogens is 2. The smallest absolute Gasteiger partial charge is 0.221 e. The van der Waals surface area contributed by atoms with E-state index in [2.05, 4.69) is 5.32 Å². The van der Waals surface area contributed by atoms with Gasteiger partial charge in [-0.1, -0.05) is 26.0 Å². The number of β-amino-alcohol motifs (C(OH)–C–C–N with tert-alkyl or cyclic N) is 1. The van der Waals surface area contributed by atoms with E-state index in [1.54, 1.807) is 12.1 Å². The summed E-state index contributed by atoms with van der Waals surface area (Å²) in [5.41, 5.74) is 0.665. The molecule has 1 unspecified atom stereocenters. The van der Waals surface area contributed by atoms with Gasteiger partial charge in [-0.05, 0) is 17.7 Å². The Balaban J connectivity index is 0.000000606. The van der Waals surface area contributed by atoms with Gasteiger partial charge in [-0.25, -0.2) is 8.78 Å². The van der Waals surface area contributed by atoms with Gasteiger partial charge in [0.05, 0.1) is 6.54 Å². The molecule has 16 heavy (non-hydrogen) atoms. The zero-order valence-corrected chi connectivity index (χ0v) is 9.50. The summed E-state index contributed by atoms with van der Waals surface area (Å²) in [4.78, 5) is 0. The van der Waals surface area contributed by atoms with Crippen LogP contribution in [0.25, 0.3) is 0 Å². The number of aliphatic hydroxyl groups is 1. The van der Waals surface area contributed by atoms with E-state index in [0.717, 1.165) is 0 Å². The molecule has 1 fully saturated rings. The summed E-state index contributed by atoms with van der Waals surface area (Å²) in [5, 5.41) is 11.9. The van der Waals surface area contributed by atoms with Crippen LogP contribution >= 0.6 is 0 Å². The van der Waals surface area contributed by atoms with Crippen molar-refractivity contribution in [1.82, 2.24) is 5.32 Å². The van der Waals surface area contributed by atoms with Crippen LogP contribution in [-0.2, 0) is 0 Å². The highest BCUT2D eigenvalue weighted by Crippen LogP contribution is 2.30. The van der Waals surface area contributed by atoms with Gasteiger partial charge >= 0.3 is 0 Å². The molecule has 0 radical (unpaired) electrons. The van der Waals surface area contributed by atoms with Gasteiger partial charge in [0.2, 0.25) is 5.85 Å². The molecule has 1 aromatic rings. The average molecular weight is 229 g/mol. The molecule has 0 bridgehead atoms. The van der Waals surface area contributed by atoms with Crippen LogP contribution in [0, 0.1) is 5.82 Å². The van der Waals surface area contributed by atoms with Crippen LogP contribution in [-0.4, -0.2) is 17.5 Å². The molecule has 2 nitrogen and oxygen atoms in total. The number of alkyl halides is 1. The fourth-order valence-corrected chi connectivity index (χ4v) is 1.70. The van der Waals surface area contributed by atoms with Crippen LogP contribution < -0.4 is 5.32 Å². The normalized spacial score (nSPS) is 28.4. The maximum atomic E-state index is 13.0. The predicted octanol–water partition coefficient (Wildman–Crippen LogP) is 2.54. The Morgan fingerprint density at radius 1 is 1.44 bits per heavy atom. The first-order chi connectivity index (χ1) is 7.57. The summed E-state index contributed by atoms with van der Waals surface area (Å²) in [7, 11) is 0. The third-order valence-corrected chi connectivity index (χ3v) is 2.39. The number of rotatable bonds is 1. The fraction of sp³-hybridized carbons (Fsp3) is 0.500. The van der Waals surface area contributed by atoms with Crippen LogP contribution in [0.3, 0.4) is 0 Å². The maximum Gasteiger partial charge on any atom is 0.221 e. The minimum Gasteiger partial charge on any atom is -0.361 e. The van der Waals surface area contributed by atoms with Gasteiger partial charge in [0.25, 0.3) is 0 Å². The third-order valence-electron chi connectivity index (χ3n) is 2.39. The van der Waals surface area contributed by atoms with Crippen molar-refractivity contribution >= 4 is 0 Å². The van der Waals surface area contributed by atoms with E-state index >= 15 is 0 Å². The predicted molar refractivity (Wildman–Crippen MR) is 59.2 cm³/mol. The van der Waals surface area contributed by atoms with Gasteiger partial charge < -0.3 is 10.4 Å².